The van der Waals surface area contributed by atoms with Crippen LogP contribution in [0, 0.1) is 32.6 Å². The van der Waals surface area contributed by atoms with Crippen molar-refractivity contribution >= 4 is 18.3 Å². The van der Waals surface area contributed by atoms with Crippen molar-refractivity contribution in [2.75, 3.05) is 13.1 Å². The van der Waals surface area contributed by atoms with Crippen molar-refractivity contribution in [2.45, 2.75) is 39.7 Å². The molecule has 1 saturated heterocycles. The molecule has 1 aromatic carbocycles. The smallest absolute Gasteiger partial charge is 0.255 e. The summed E-state index contributed by atoms with van der Waals surface area (Å²) in [7, 11) is 0. The maximum Gasteiger partial charge on any atom is 0.255 e. The van der Waals surface area contributed by atoms with Gasteiger partial charge in [-0.2, -0.15) is 0 Å². The van der Waals surface area contributed by atoms with Crippen LogP contribution >= 0.6 is 12.4 Å². The quantitative estimate of drug-likeness (QED) is 0.873. The Labute approximate surface area is 161 Å². The van der Waals surface area contributed by atoms with Crippen LogP contribution in [0.15, 0.2) is 30.3 Å². The van der Waals surface area contributed by atoms with Crippen molar-refractivity contribution in [3.8, 4) is 5.69 Å². The van der Waals surface area contributed by atoms with Gasteiger partial charge in [0.1, 0.15) is 0 Å². The van der Waals surface area contributed by atoms with Crippen LogP contribution in [0.3, 0.4) is 0 Å². The zero-order valence-electron chi connectivity index (χ0n) is 15.7. The van der Waals surface area contributed by atoms with E-state index in [2.05, 4.69) is 42.7 Å². The van der Waals surface area contributed by atoms with Gasteiger partial charge in [-0.25, -0.2) is 0 Å². The van der Waals surface area contributed by atoms with E-state index >= 15 is 0 Å². The number of amides is 1. The lowest BCUT2D eigenvalue weighted by Gasteiger charge is -2.19. The number of aryl methyl sites for hydroxylation is 2. The van der Waals surface area contributed by atoms with Crippen LogP contribution in [-0.4, -0.2) is 34.5 Å². The Morgan fingerprint density at radius 2 is 1.88 bits per heavy atom. The third-order valence-corrected chi connectivity index (χ3v) is 6.12. The summed E-state index contributed by atoms with van der Waals surface area (Å²) < 4.78 is 2.18. The van der Waals surface area contributed by atoms with E-state index in [0.717, 1.165) is 48.6 Å². The molecule has 2 heterocycles. The number of hydrogen-bond donors (Lipinski definition) is 1. The van der Waals surface area contributed by atoms with E-state index in [1.165, 1.54) is 5.56 Å². The first-order valence-corrected chi connectivity index (χ1v) is 9.26. The molecule has 2 fully saturated rings. The molecular weight excluding hydrogens is 346 g/mol. The minimum absolute atomic E-state index is 0. The number of aromatic nitrogens is 1. The molecule has 3 atom stereocenters. The Balaban J connectivity index is 0.00000196. The molecule has 1 amide bonds. The highest BCUT2D eigenvalue weighted by molar-refractivity contribution is 5.96. The fourth-order valence-electron chi connectivity index (χ4n) is 4.79. The maximum atomic E-state index is 13.1. The van der Waals surface area contributed by atoms with Gasteiger partial charge in [0, 0.05) is 36.2 Å². The second kappa shape index (κ2) is 7.09. The number of carbonyl (C=O) groups excluding carboxylic acids is 1. The Morgan fingerprint density at radius 3 is 2.58 bits per heavy atom. The summed E-state index contributed by atoms with van der Waals surface area (Å²) >= 11 is 0. The van der Waals surface area contributed by atoms with Crippen molar-refractivity contribution in [1.82, 2.24) is 9.47 Å². The molecule has 0 radical (unpaired) electrons. The SMILES string of the molecule is Cc1cccc(-n2c(C)cc(C(=O)N3CC4CCC(N)C4C3)c2C)c1.Cl. The lowest BCUT2D eigenvalue weighted by molar-refractivity contribution is 0.0779. The fraction of sp³-hybridized carbons (Fsp3) is 0.476. The number of benzene rings is 1. The summed E-state index contributed by atoms with van der Waals surface area (Å²) in [4.78, 5) is 15.2. The number of carbonyl (C=O) groups is 1. The minimum Gasteiger partial charge on any atom is -0.338 e. The Hall–Kier alpha value is -1.78. The van der Waals surface area contributed by atoms with Gasteiger partial charge in [0.15, 0.2) is 0 Å². The molecule has 2 N–H and O–H groups in total. The second-order valence-corrected chi connectivity index (χ2v) is 7.83. The second-order valence-electron chi connectivity index (χ2n) is 7.83. The van der Waals surface area contributed by atoms with Gasteiger partial charge < -0.3 is 15.2 Å². The molecule has 0 spiro atoms. The first kappa shape index (κ1) is 19.0. The van der Waals surface area contributed by atoms with Crippen LogP contribution in [0.1, 0.15) is 40.2 Å². The van der Waals surface area contributed by atoms with Crippen LogP contribution < -0.4 is 5.73 Å². The number of hydrogen-bond acceptors (Lipinski definition) is 2. The summed E-state index contributed by atoms with van der Waals surface area (Å²) in [6.07, 6.45) is 2.27. The third kappa shape index (κ3) is 3.06. The maximum absolute atomic E-state index is 13.1. The van der Waals surface area contributed by atoms with E-state index in [0.29, 0.717) is 11.8 Å². The molecule has 1 saturated carbocycles. The van der Waals surface area contributed by atoms with Crippen LogP contribution in [0.2, 0.25) is 0 Å². The van der Waals surface area contributed by atoms with Crippen LogP contribution in [0.25, 0.3) is 5.69 Å². The van der Waals surface area contributed by atoms with E-state index < -0.39 is 0 Å². The van der Waals surface area contributed by atoms with Gasteiger partial charge in [-0.3, -0.25) is 4.79 Å². The molecular formula is C21H28ClN3O. The van der Waals surface area contributed by atoms with Gasteiger partial charge in [-0.1, -0.05) is 12.1 Å². The molecule has 1 aliphatic heterocycles. The van der Waals surface area contributed by atoms with E-state index in [1.807, 2.05) is 17.9 Å². The topological polar surface area (TPSA) is 51.3 Å². The predicted molar refractivity (Wildman–Crippen MR) is 107 cm³/mol. The normalized spacial score (nSPS) is 24.5. The molecule has 26 heavy (non-hydrogen) atoms. The van der Waals surface area contributed by atoms with Crippen molar-refractivity contribution < 1.29 is 4.79 Å². The largest absolute Gasteiger partial charge is 0.338 e. The molecule has 4 nitrogen and oxygen atoms in total. The zero-order valence-corrected chi connectivity index (χ0v) is 16.6. The van der Waals surface area contributed by atoms with Crippen molar-refractivity contribution in [3.63, 3.8) is 0 Å². The molecule has 1 aliphatic carbocycles. The summed E-state index contributed by atoms with van der Waals surface area (Å²) in [5.41, 5.74) is 11.5. The molecule has 2 aromatic rings. The van der Waals surface area contributed by atoms with Gasteiger partial charge in [-0.15, -0.1) is 12.4 Å². The molecule has 0 bridgehead atoms. The van der Waals surface area contributed by atoms with Gasteiger partial charge in [0.05, 0.1) is 5.56 Å². The highest BCUT2D eigenvalue weighted by Crippen LogP contribution is 2.38. The monoisotopic (exact) mass is 373 g/mol. The molecule has 140 valence electrons. The van der Waals surface area contributed by atoms with Crippen LogP contribution in [0.5, 0.6) is 0 Å². The van der Waals surface area contributed by atoms with Crippen molar-refractivity contribution in [2.24, 2.45) is 17.6 Å². The molecule has 3 unspecified atom stereocenters. The van der Waals surface area contributed by atoms with Crippen molar-refractivity contribution in [3.05, 3.63) is 52.8 Å². The Morgan fingerprint density at radius 1 is 1.12 bits per heavy atom. The predicted octanol–water partition coefficient (Wildman–Crippen LogP) is 3.63. The Kier molecular flexibility index (Phi) is 5.18. The van der Waals surface area contributed by atoms with Crippen LogP contribution in [0.4, 0.5) is 0 Å². The third-order valence-electron chi connectivity index (χ3n) is 6.12. The first-order chi connectivity index (χ1) is 12.0. The van der Waals surface area contributed by atoms with Gasteiger partial charge in [0.2, 0.25) is 0 Å². The molecule has 2 aliphatic rings. The van der Waals surface area contributed by atoms with E-state index in [-0.39, 0.29) is 24.4 Å². The summed E-state index contributed by atoms with van der Waals surface area (Å²) in [5.74, 6) is 1.25. The van der Waals surface area contributed by atoms with Crippen molar-refractivity contribution in [1.29, 1.82) is 0 Å². The molecule has 1 aromatic heterocycles. The summed E-state index contributed by atoms with van der Waals surface area (Å²) in [6, 6.07) is 10.7. The van der Waals surface area contributed by atoms with Gasteiger partial charge in [0.25, 0.3) is 5.91 Å². The first-order valence-electron chi connectivity index (χ1n) is 9.26. The lowest BCUT2D eigenvalue weighted by atomic mass is 9.98. The number of nitrogens with zero attached hydrogens (tertiary/aromatic N) is 2. The standard InChI is InChI=1S/C21H27N3O.ClH/c1-13-5-4-6-17(9-13)24-14(2)10-18(15(24)3)21(25)23-11-16-7-8-20(22)19(16)12-23;/h4-6,9-10,16,19-20H,7-8,11-12,22H2,1-3H3;1H. The van der Waals surface area contributed by atoms with E-state index in [4.69, 9.17) is 5.73 Å². The highest BCUT2D eigenvalue weighted by atomic mass is 35.5. The number of fused-ring (bicyclic) bond motifs is 1. The zero-order chi connectivity index (χ0) is 17.7. The number of nitrogens with two attached hydrogens (primary N) is 1. The average molecular weight is 374 g/mol. The van der Waals surface area contributed by atoms with E-state index in [9.17, 15) is 4.79 Å². The lowest BCUT2D eigenvalue weighted by Crippen LogP contribution is -2.33. The Bertz CT molecular complexity index is 829. The number of halogens is 1. The molecule has 4 rings (SSSR count). The molecule has 5 heteroatoms. The fourth-order valence-corrected chi connectivity index (χ4v) is 4.79. The minimum atomic E-state index is 0. The number of rotatable bonds is 2. The average Bonchev–Trinajstić information content (AvgIpc) is 3.22. The van der Waals surface area contributed by atoms with Gasteiger partial charge >= 0.3 is 0 Å². The van der Waals surface area contributed by atoms with E-state index in [1.54, 1.807) is 0 Å². The number of likely N-dealkylation sites (tertiary alicyclic amines) is 1. The summed E-state index contributed by atoms with van der Waals surface area (Å²) in [5, 5.41) is 0. The van der Waals surface area contributed by atoms with Crippen LogP contribution in [-0.2, 0) is 0 Å². The highest BCUT2D eigenvalue weighted by Gasteiger charge is 2.43. The summed E-state index contributed by atoms with van der Waals surface area (Å²) in [6.45, 7) is 7.89. The van der Waals surface area contributed by atoms with Gasteiger partial charge in [-0.05, 0) is 69.2 Å².